The molecular weight excluding hydrogens is 176 g/mol. The zero-order chi connectivity index (χ0) is 8.97. The molecule has 1 heterocycles. The van der Waals surface area contributed by atoms with Gasteiger partial charge in [-0.15, -0.1) is 11.6 Å². The number of anilines is 1. The van der Waals surface area contributed by atoms with Gasteiger partial charge in [0.2, 0.25) is 0 Å². The van der Waals surface area contributed by atoms with Gasteiger partial charge in [-0.3, -0.25) is 5.10 Å². The van der Waals surface area contributed by atoms with Crippen molar-refractivity contribution in [3.63, 3.8) is 0 Å². The number of H-pyrrole nitrogens is 1. The minimum absolute atomic E-state index is 0.163. The van der Waals surface area contributed by atoms with Crippen LogP contribution in [0.3, 0.4) is 0 Å². The van der Waals surface area contributed by atoms with E-state index in [1.54, 1.807) is 0 Å². The molecule has 0 unspecified atom stereocenters. The molecule has 1 aromatic rings. The maximum Gasteiger partial charge on any atom is 0.164 e. The van der Waals surface area contributed by atoms with Crippen molar-refractivity contribution < 1.29 is 0 Å². The van der Waals surface area contributed by atoms with E-state index in [1.165, 1.54) is 0 Å². The summed E-state index contributed by atoms with van der Waals surface area (Å²) in [6.45, 7) is 0. The van der Waals surface area contributed by atoms with E-state index in [-0.39, 0.29) is 17.3 Å². The van der Waals surface area contributed by atoms with E-state index in [2.05, 4.69) is 22.0 Å². The largest absolute Gasteiger partial charge is 0.381 e. The number of nitrogen functional groups attached to an aromatic ring is 1. The predicted molar refractivity (Wildman–Crippen MR) is 45.3 cm³/mol. The van der Waals surface area contributed by atoms with Gasteiger partial charge in [0.25, 0.3) is 0 Å². The molecule has 3 N–H and O–H groups in total. The molecular formula is C7H5ClN4. The van der Waals surface area contributed by atoms with E-state index in [0.717, 1.165) is 0 Å². The average molecular weight is 181 g/mol. The second kappa shape index (κ2) is 3.66. The first-order valence-electron chi connectivity index (χ1n) is 3.08. The van der Waals surface area contributed by atoms with E-state index in [1.807, 2.05) is 6.07 Å². The quantitative estimate of drug-likeness (QED) is 0.450. The highest BCUT2D eigenvalue weighted by Gasteiger charge is 2.06. The molecule has 60 valence electrons. The number of nitrogens with one attached hydrogen (secondary N) is 1. The first kappa shape index (κ1) is 8.45. The lowest BCUT2D eigenvalue weighted by atomic mass is 10.2. The molecule has 0 spiro atoms. The summed E-state index contributed by atoms with van der Waals surface area (Å²) in [6, 6.07) is 1.89. The molecule has 1 rings (SSSR count). The molecule has 0 radical (unpaired) electrons. The number of hydrogen-bond donors (Lipinski definition) is 2. The molecule has 0 saturated heterocycles. The average Bonchev–Trinajstić information content (AvgIpc) is 2.43. The van der Waals surface area contributed by atoms with Crippen molar-refractivity contribution in [1.29, 1.82) is 5.26 Å². The molecule has 0 atom stereocenters. The van der Waals surface area contributed by atoms with Crippen molar-refractivity contribution in [1.82, 2.24) is 10.2 Å². The Labute approximate surface area is 74.3 Å². The molecule has 1 aromatic heterocycles. The van der Waals surface area contributed by atoms with E-state index in [0.29, 0.717) is 5.69 Å². The van der Waals surface area contributed by atoms with Crippen molar-refractivity contribution in [3.8, 4) is 17.9 Å². The minimum Gasteiger partial charge on any atom is -0.381 e. The van der Waals surface area contributed by atoms with Crippen LogP contribution >= 0.6 is 11.6 Å². The van der Waals surface area contributed by atoms with Gasteiger partial charge in [0.1, 0.15) is 17.3 Å². The van der Waals surface area contributed by atoms with Gasteiger partial charge >= 0.3 is 0 Å². The zero-order valence-electron chi connectivity index (χ0n) is 6.06. The number of nitriles is 1. The number of aromatic amines is 1. The van der Waals surface area contributed by atoms with Gasteiger partial charge in [0.05, 0.1) is 5.88 Å². The summed E-state index contributed by atoms with van der Waals surface area (Å²) in [6.07, 6.45) is 0. The fourth-order valence-corrected chi connectivity index (χ4v) is 0.748. The van der Waals surface area contributed by atoms with Crippen LogP contribution in [-0.4, -0.2) is 16.1 Å². The molecule has 0 aliphatic rings. The Morgan fingerprint density at radius 2 is 2.42 bits per heavy atom. The number of halogens is 1. The van der Waals surface area contributed by atoms with Crippen LogP contribution < -0.4 is 5.73 Å². The van der Waals surface area contributed by atoms with Crippen LogP contribution in [0.25, 0.3) is 0 Å². The van der Waals surface area contributed by atoms with Crippen LogP contribution in [0.2, 0.25) is 0 Å². The fourth-order valence-electron chi connectivity index (χ4n) is 0.681. The lowest BCUT2D eigenvalue weighted by molar-refractivity contribution is 1.08. The Morgan fingerprint density at radius 1 is 1.67 bits per heavy atom. The third-order valence-corrected chi connectivity index (χ3v) is 1.32. The van der Waals surface area contributed by atoms with Gasteiger partial charge in [-0.25, -0.2) is 0 Å². The van der Waals surface area contributed by atoms with Gasteiger partial charge in [-0.05, 0) is 5.92 Å². The van der Waals surface area contributed by atoms with Gasteiger partial charge in [0, 0.05) is 0 Å². The third-order valence-electron chi connectivity index (χ3n) is 1.19. The molecule has 5 heteroatoms. The van der Waals surface area contributed by atoms with Gasteiger partial charge in [-0.2, -0.15) is 10.4 Å². The van der Waals surface area contributed by atoms with Crippen LogP contribution in [0.15, 0.2) is 0 Å². The molecule has 0 amide bonds. The van der Waals surface area contributed by atoms with Crippen molar-refractivity contribution in [3.05, 3.63) is 11.3 Å². The summed E-state index contributed by atoms with van der Waals surface area (Å²) in [4.78, 5) is 0. The van der Waals surface area contributed by atoms with Crippen molar-refractivity contribution in [2.75, 3.05) is 11.6 Å². The Bertz CT molecular complexity index is 376. The summed E-state index contributed by atoms with van der Waals surface area (Å²) in [7, 11) is 0. The Morgan fingerprint density at radius 3 is 3.00 bits per heavy atom. The highest BCUT2D eigenvalue weighted by atomic mass is 35.5. The monoisotopic (exact) mass is 180 g/mol. The lowest BCUT2D eigenvalue weighted by Crippen LogP contribution is -1.87. The van der Waals surface area contributed by atoms with Crippen LogP contribution in [0.4, 0.5) is 5.82 Å². The maximum absolute atomic E-state index is 8.60. The molecule has 0 aromatic carbocycles. The summed E-state index contributed by atoms with van der Waals surface area (Å²) < 4.78 is 0. The lowest BCUT2D eigenvalue weighted by Gasteiger charge is -1.81. The molecule has 0 saturated carbocycles. The van der Waals surface area contributed by atoms with Gasteiger partial charge in [0.15, 0.2) is 5.82 Å². The third kappa shape index (κ3) is 1.50. The molecule has 0 aliphatic carbocycles. The van der Waals surface area contributed by atoms with Crippen LogP contribution in [0.1, 0.15) is 11.3 Å². The van der Waals surface area contributed by atoms with E-state index < -0.39 is 0 Å². The van der Waals surface area contributed by atoms with Crippen LogP contribution in [0, 0.1) is 23.2 Å². The number of nitrogens with two attached hydrogens (primary N) is 1. The number of alkyl halides is 1. The zero-order valence-corrected chi connectivity index (χ0v) is 6.81. The van der Waals surface area contributed by atoms with Crippen molar-refractivity contribution in [2.45, 2.75) is 0 Å². The summed E-state index contributed by atoms with van der Waals surface area (Å²) in [5.41, 5.74) is 6.04. The highest BCUT2D eigenvalue weighted by molar-refractivity contribution is 6.19. The van der Waals surface area contributed by atoms with Crippen molar-refractivity contribution >= 4 is 17.4 Å². The topological polar surface area (TPSA) is 78.5 Å². The van der Waals surface area contributed by atoms with Crippen LogP contribution in [-0.2, 0) is 0 Å². The SMILES string of the molecule is N#Cc1c(N)n[nH]c1C#CCCl. The van der Waals surface area contributed by atoms with E-state index in [4.69, 9.17) is 22.6 Å². The second-order valence-corrected chi connectivity index (χ2v) is 2.17. The highest BCUT2D eigenvalue weighted by Crippen LogP contribution is 2.09. The first-order valence-corrected chi connectivity index (χ1v) is 3.61. The smallest absolute Gasteiger partial charge is 0.164 e. The standard InChI is InChI=1S/C7H5ClN4/c8-3-1-2-6-5(4-9)7(10)12-11-6/h3H2,(H3,10,11,12). The molecule has 0 fully saturated rings. The van der Waals surface area contributed by atoms with Gasteiger partial charge in [-0.1, -0.05) is 5.92 Å². The number of hydrogen-bond acceptors (Lipinski definition) is 3. The fraction of sp³-hybridized carbons (Fsp3) is 0.143. The normalized spacial score (nSPS) is 8.33. The number of aromatic nitrogens is 2. The molecule has 4 nitrogen and oxygen atoms in total. The molecule has 0 aliphatic heterocycles. The molecule has 12 heavy (non-hydrogen) atoms. The summed E-state index contributed by atoms with van der Waals surface area (Å²) in [5.74, 6) is 5.60. The first-order chi connectivity index (χ1) is 5.79. The van der Waals surface area contributed by atoms with Crippen molar-refractivity contribution in [2.24, 2.45) is 0 Å². The van der Waals surface area contributed by atoms with Crippen LogP contribution in [0.5, 0.6) is 0 Å². The Kier molecular flexibility index (Phi) is 2.57. The Balaban J connectivity index is 3.10. The Hall–Kier alpha value is -1.65. The maximum atomic E-state index is 8.60. The number of nitrogens with zero attached hydrogens (tertiary/aromatic N) is 2. The summed E-state index contributed by atoms with van der Waals surface area (Å²) in [5, 5.41) is 14.8. The second-order valence-electron chi connectivity index (χ2n) is 1.91. The van der Waals surface area contributed by atoms with E-state index >= 15 is 0 Å². The number of rotatable bonds is 0. The van der Waals surface area contributed by atoms with Gasteiger partial charge < -0.3 is 5.73 Å². The predicted octanol–water partition coefficient (Wildman–Crippen LogP) is 0.454. The molecule has 0 bridgehead atoms. The minimum atomic E-state index is 0.163. The van der Waals surface area contributed by atoms with E-state index in [9.17, 15) is 0 Å². The summed E-state index contributed by atoms with van der Waals surface area (Å²) >= 11 is 5.33.